The van der Waals surface area contributed by atoms with Gasteiger partial charge in [-0.2, -0.15) is 56.3 Å². The fraction of sp³-hybridized carbons (Fsp3) is 0.448. The molecule has 0 amide bonds. The van der Waals surface area contributed by atoms with E-state index >= 15 is 0 Å². The Bertz CT molecular complexity index is 4150. The maximum atomic E-state index is 13.0. The number of alkyl halides is 6. The molecule has 111 heavy (non-hydrogen) atoms. The number of phenolic OH excluding ortho intramolecular Hbond substituents is 1. The first-order valence-corrected chi connectivity index (χ1v) is 38.7. The zero-order chi connectivity index (χ0) is 82.3. The Morgan fingerprint density at radius 1 is 0.514 bits per heavy atom. The number of halogens is 9. The predicted octanol–water partition coefficient (Wildman–Crippen LogP) is 18.4. The second kappa shape index (κ2) is 47.5. The molecule has 0 unspecified atom stereocenters. The van der Waals surface area contributed by atoms with Gasteiger partial charge in [-0.1, -0.05) is 80.4 Å². The van der Waals surface area contributed by atoms with E-state index in [1.165, 1.54) is 93.3 Å². The SMILES string of the molecule is C1CCOC1.CP(C)C.Cc1ccc(F)c([N+](=O)[O-])c1.Nc1ccc(C2CCC2)cc1N.Nc1ccc(C2CCC2)cc1[N+](=O)[O-].O=S(=O)(OS(=O)(=O)C(F)(F)F)C(F)(F)F.O=[N+]([O-])c1cc(C2CCC2)ccc1F.O=[N+]([O-])c1cc(O)ccc1F.OB(O)C1CCC1.[CH3-].[HH].[N-]=[N+]=Nc1ccc(C2CCC2)cc1[N+](=O)[O-].[Pd]. The molecule has 0 spiro atoms. The zero-order valence-corrected chi connectivity index (χ0v) is 64.5. The number of benzene rings is 6. The summed E-state index contributed by atoms with van der Waals surface area (Å²) in [5.74, 6) is -0.542. The molecule has 618 valence electrons. The molecule has 30 nitrogen and oxygen atoms in total. The summed E-state index contributed by atoms with van der Waals surface area (Å²) in [4.78, 5) is 51.4. The number of nitrogens with zero attached hydrogens (tertiary/aromatic N) is 8. The van der Waals surface area contributed by atoms with Crippen molar-refractivity contribution in [2.45, 2.75) is 157 Å². The van der Waals surface area contributed by atoms with E-state index in [4.69, 9.17) is 42.6 Å². The Kier molecular flexibility index (Phi) is 42.8. The normalized spacial score (nSPS) is 14.9. The van der Waals surface area contributed by atoms with Gasteiger partial charge in [0.25, 0.3) is 11.4 Å². The van der Waals surface area contributed by atoms with Crippen molar-refractivity contribution in [2.24, 2.45) is 5.11 Å². The summed E-state index contributed by atoms with van der Waals surface area (Å²) in [5.41, 5.74) is 17.6. The molecule has 5 aliphatic carbocycles. The molecule has 0 bridgehead atoms. The van der Waals surface area contributed by atoms with Gasteiger partial charge in [-0.3, -0.25) is 50.6 Å². The zero-order valence-electron chi connectivity index (χ0n) is 60.5. The van der Waals surface area contributed by atoms with Crippen LogP contribution in [-0.2, 0) is 49.0 Å². The summed E-state index contributed by atoms with van der Waals surface area (Å²) in [6, 6.07) is 26.6. The Morgan fingerprint density at radius 3 is 1.14 bits per heavy atom. The van der Waals surface area contributed by atoms with Crippen LogP contribution in [0.15, 0.2) is 114 Å². The fourth-order valence-corrected chi connectivity index (χ4v) is 11.2. The maximum absolute atomic E-state index is 13.0. The van der Waals surface area contributed by atoms with Gasteiger partial charge in [-0.25, -0.2) is 0 Å². The van der Waals surface area contributed by atoms with E-state index in [-0.39, 0.29) is 63.6 Å². The number of aryl methyl sites for hydroxylation is 1. The third kappa shape index (κ3) is 33.9. The van der Waals surface area contributed by atoms with Crippen molar-refractivity contribution in [3.63, 3.8) is 0 Å². The molecule has 5 saturated carbocycles. The first kappa shape index (κ1) is 100. The number of ether oxygens (including phenoxy) is 1. The molecule has 0 radical (unpaired) electrons. The number of hydrogen-bond acceptors (Lipinski definition) is 23. The molecule has 6 aromatic carbocycles. The minimum atomic E-state index is -6.85. The number of nitro benzene ring substituents is 5. The van der Waals surface area contributed by atoms with Gasteiger partial charge >= 0.3 is 55.4 Å². The maximum Gasteiger partial charge on any atom is 0.524 e. The molecule has 0 atom stereocenters. The number of nitro groups is 5. The van der Waals surface area contributed by atoms with Crippen molar-refractivity contribution in [3.8, 4) is 5.75 Å². The van der Waals surface area contributed by atoms with Crippen molar-refractivity contribution in [1.29, 1.82) is 0 Å². The van der Waals surface area contributed by atoms with Crippen LogP contribution in [-0.4, -0.2) is 108 Å². The second-order valence-electron chi connectivity index (χ2n) is 25.4. The average Bonchev–Trinajstić information content (AvgIpc) is 0.813. The second-order valence-corrected chi connectivity index (χ2v) is 31.3. The number of rotatable bonds is 13. The van der Waals surface area contributed by atoms with Gasteiger partial charge in [0.15, 0.2) is 0 Å². The van der Waals surface area contributed by atoms with E-state index in [1.54, 1.807) is 31.2 Å². The van der Waals surface area contributed by atoms with Crippen LogP contribution < -0.4 is 17.2 Å². The Morgan fingerprint density at radius 2 is 0.838 bits per heavy atom. The monoisotopic (exact) mass is 1730 g/mol. The third-order valence-electron chi connectivity index (χ3n) is 16.8. The molecule has 0 aromatic heterocycles. The molecule has 12 rings (SSSR count). The summed E-state index contributed by atoms with van der Waals surface area (Å²) >= 11 is 0. The summed E-state index contributed by atoms with van der Waals surface area (Å²) in [5, 5.41) is 80.9. The van der Waals surface area contributed by atoms with Gasteiger partial charge in [0.2, 0.25) is 17.5 Å². The van der Waals surface area contributed by atoms with Gasteiger partial charge in [0.05, 0.1) is 42.1 Å². The molecule has 1 aliphatic heterocycles. The minimum absolute atomic E-state index is 0. The Labute approximate surface area is 650 Å². The van der Waals surface area contributed by atoms with Crippen molar-refractivity contribution >= 4 is 86.5 Å². The van der Waals surface area contributed by atoms with Gasteiger partial charge in [0.1, 0.15) is 17.1 Å². The number of anilines is 3. The van der Waals surface area contributed by atoms with Crippen LogP contribution >= 0.6 is 7.92 Å². The number of aromatic hydroxyl groups is 1. The molecule has 6 aliphatic rings. The standard InChI is InChI=1S/C10H10FNO2.C10H10N4O2.C10H12N2O2.C10H14N2.C7H6FNO2.C6H4FNO3.C4H9BO2.C4H8O.C3H9P.C2F6O5S2.CH3.Pd.H2/c11-9-5-4-8(7-2-1-3-7)6-10(9)12(13)14;11-13-12-9-5-4-8(7-2-1-3-7)6-10(9)14(15)16;11-9-5-4-8(7-2-1-3-7)6-10(9)12(13)14;11-9-5-4-8(6-10(9)12)7-2-1-3-7;1-5-2-3-6(8)7(4-5)9(10)11;7-5-2-1-4(9)3-6(5)8(10)11;6-5(7)4-2-1-3-4;1-2-4-5-3-1;1-4(2)3;3-1(4,5)14(9,10)13-15(11,12)2(6,7)8;;;/h4-7H,1-3H2;4-7H,1-3H2;4-7H,1-3,11H2;4-7H,1-3,11-12H2;2-4H,1H3;1-3,9H;4,6-7H,1-3H2;1-4H2;1-3H3;;1H3;;1H/q;;;;;;;;;;-1;;. The van der Waals surface area contributed by atoms with Gasteiger partial charge in [0, 0.05) is 64.2 Å². The van der Waals surface area contributed by atoms with Crippen molar-refractivity contribution in [3.05, 3.63) is 223 Å². The number of hydrogen-bond donors (Lipinski definition) is 6. The van der Waals surface area contributed by atoms with Crippen LogP contribution in [0.1, 0.15) is 162 Å². The van der Waals surface area contributed by atoms with Crippen molar-refractivity contribution < 1.29 is 126 Å². The fourth-order valence-electron chi connectivity index (χ4n) is 9.63. The van der Waals surface area contributed by atoms with Crippen LogP contribution in [0.5, 0.6) is 5.75 Å². The number of nitrogen functional groups attached to an aromatic ring is 3. The molecule has 1 saturated heterocycles. The molecule has 1 heterocycles. The largest absolute Gasteiger partial charge is 0.524 e. The third-order valence-corrected chi connectivity index (χ3v) is 19.3. The van der Waals surface area contributed by atoms with E-state index in [9.17, 15) is 107 Å². The van der Waals surface area contributed by atoms with Crippen molar-refractivity contribution in [2.75, 3.05) is 50.4 Å². The average molecular weight is 1730 g/mol. The first-order chi connectivity index (χ1) is 50.8. The van der Waals surface area contributed by atoms with E-state index in [2.05, 4.69) is 36.1 Å². The molecule has 9 N–H and O–H groups in total. The molecule has 6 fully saturated rings. The summed E-state index contributed by atoms with van der Waals surface area (Å²) in [7, 11) is -14.4. The summed E-state index contributed by atoms with van der Waals surface area (Å²) in [6.45, 7) is 10.4. The van der Waals surface area contributed by atoms with Crippen LogP contribution in [0.2, 0.25) is 5.82 Å². The Balaban J connectivity index is 0.00000124. The summed E-state index contributed by atoms with van der Waals surface area (Å²) in [6.07, 6.45) is 19.8. The minimum Gasteiger partial charge on any atom is -0.508 e. The smallest absolute Gasteiger partial charge is 0.508 e. The van der Waals surface area contributed by atoms with Crippen LogP contribution in [0.3, 0.4) is 0 Å². The van der Waals surface area contributed by atoms with E-state index in [0.29, 0.717) is 36.9 Å². The van der Waals surface area contributed by atoms with E-state index < -0.39 is 97.5 Å². The molecule has 6 aromatic rings. The van der Waals surface area contributed by atoms with E-state index in [0.717, 1.165) is 124 Å². The molecular weight excluding hydrogens is 1650 g/mol. The van der Waals surface area contributed by atoms with E-state index in [1.807, 2.05) is 21.8 Å². The number of nitrogens with two attached hydrogens (primary N) is 3. The predicted molar refractivity (Wildman–Crippen MR) is 399 cm³/mol. The number of phenols is 1. The molecule has 44 heteroatoms. The molecular formula is C67H87BF9N11O19PPdS2-. The summed E-state index contributed by atoms with van der Waals surface area (Å²) < 4.78 is 153. The van der Waals surface area contributed by atoms with Crippen LogP contribution in [0.4, 0.5) is 90.7 Å². The number of azide groups is 1. The van der Waals surface area contributed by atoms with Gasteiger partial charge in [-0.05, 0) is 202 Å². The van der Waals surface area contributed by atoms with Gasteiger partial charge in [-0.15, -0.1) is 11.6 Å². The first-order valence-electron chi connectivity index (χ1n) is 33.2. The van der Waals surface area contributed by atoms with Crippen LogP contribution in [0.25, 0.3) is 10.4 Å². The van der Waals surface area contributed by atoms with Crippen LogP contribution in [0, 0.1) is 82.4 Å². The van der Waals surface area contributed by atoms with Gasteiger partial charge < -0.3 is 44.5 Å². The topological polar surface area (TPSA) is 490 Å². The quantitative estimate of drug-likeness (QED) is 0.00534. The Hall–Kier alpha value is -8.90. The van der Waals surface area contributed by atoms with Crippen molar-refractivity contribution in [1.82, 2.24) is 0 Å².